The Labute approximate surface area is 84.1 Å². The van der Waals surface area contributed by atoms with Crippen molar-refractivity contribution in [1.29, 1.82) is 0 Å². The van der Waals surface area contributed by atoms with Gasteiger partial charge in [0.25, 0.3) is 0 Å². The van der Waals surface area contributed by atoms with Gasteiger partial charge in [0.2, 0.25) is 0 Å². The monoisotopic (exact) mass is 193 g/mol. The maximum absolute atomic E-state index is 14.1. The van der Waals surface area contributed by atoms with E-state index < -0.39 is 5.67 Å². The molecule has 76 valence electrons. The molecule has 0 spiro atoms. The van der Waals surface area contributed by atoms with E-state index in [0.717, 1.165) is 24.1 Å². The van der Waals surface area contributed by atoms with Gasteiger partial charge in [0, 0.05) is 12.1 Å². The first-order valence-corrected chi connectivity index (χ1v) is 5.22. The number of alkyl halides is 1. The molecule has 1 saturated carbocycles. The summed E-state index contributed by atoms with van der Waals surface area (Å²) >= 11 is 0. The summed E-state index contributed by atoms with van der Waals surface area (Å²) in [7, 11) is 0. The highest BCUT2D eigenvalue weighted by Gasteiger charge is 2.33. The number of para-hydroxylation sites is 1. The molecule has 0 unspecified atom stereocenters. The van der Waals surface area contributed by atoms with Gasteiger partial charge in [-0.25, -0.2) is 4.39 Å². The summed E-state index contributed by atoms with van der Waals surface area (Å²) < 4.78 is 14.1. The third-order valence-corrected chi connectivity index (χ3v) is 3.06. The third kappa shape index (κ3) is 1.89. The number of halogens is 1. The Morgan fingerprint density at radius 3 is 2.50 bits per heavy atom. The molecular weight excluding hydrogens is 177 g/mol. The van der Waals surface area contributed by atoms with Crippen molar-refractivity contribution in [1.82, 2.24) is 0 Å². The zero-order valence-corrected chi connectivity index (χ0v) is 8.30. The Hall–Kier alpha value is -1.05. The van der Waals surface area contributed by atoms with Gasteiger partial charge in [0.05, 0.1) is 0 Å². The number of hydrogen-bond acceptors (Lipinski definition) is 1. The molecule has 0 atom stereocenters. The smallest absolute Gasteiger partial charge is 0.115 e. The molecule has 0 aliphatic heterocycles. The van der Waals surface area contributed by atoms with Crippen molar-refractivity contribution in [3.63, 3.8) is 0 Å². The number of nitrogens with two attached hydrogens (primary N) is 1. The van der Waals surface area contributed by atoms with Gasteiger partial charge in [0.15, 0.2) is 0 Å². The molecule has 2 heteroatoms. The van der Waals surface area contributed by atoms with Gasteiger partial charge in [-0.3, -0.25) is 0 Å². The molecule has 1 aliphatic rings. The predicted octanol–water partition coefficient (Wildman–Crippen LogP) is 3.09. The Kier molecular flexibility index (Phi) is 2.44. The van der Waals surface area contributed by atoms with Crippen LogP contribution < -0.4 is 5.73 Å². The Balaban J connectivity index is 2.14. The lowest BCUT2D eigenvalue weighted by atomic mass is 9.94. The average Bonchev–Trinajstić information content (AvgIpc) is 2.57. The first kappa shape index (κ1) is 9.50. The van der Waals surface area contributed by atoms with Gasteiger partial charge >= 0.3 is 0 Å². The number of hydrogen-bond donors (Lipinski definition) is 1. The molecule has 1 aromatic carbocycles. The predicted molar refractivity (Wildman–Crippen MR) is 56.9 cm³/mol. The lowest BCUT2D eigenvalue weighted by molar-refractivity contribution is 0.173. The molecule has 2 rings (SSSR count). The maximum atomic E-state index is 14.1. The van der Waals surface area contributed by atoms with Crippen LogP contribution in [0.25, 0.3) is 0 Å². The summed E-state index contributed by atoms with van der Waals surface area (Å²) in [6.45, 7) is 0. The largest absolute Gasteiger partial charge is 0.399 e. The second-order valence-electron chi connectivity index (χ2n) is 4.23. The second kappa shape index (κ2) is 3.60. The van der Waals surface area contributed by atoms with Crippen LogP contribution in [-0.4, -0.2) is 5.67 Å². The maximum Gasteiger partial charge on any atom is 0.115 e. The molecule has 1 fully saturated rings. The molecule has 0 bridgehead atoms. The van der Waals surface area contributed by atoms with Gasteiger partial charge < -0.3 is 5.73 Å². The first-order chi connectivity index (χ1) is 6.70. The molecule has 14 heavy (non-hydrogen) atoms. The minimum absolute atomic E-state index is 0.486. The van der Waals surface area contributed by atoms with Crippen LogP contribution in [-0.2, 0) is 6.42 Å². The number of benzene rings is 1. The summed E-state index contributed by atoms with van der Waals surface area (Å²) in [5.41, 5.74) is 6.47. The van der Waals surface area contributed by atoms with Crippen molar-refractivity contribution in [2.45, 2.75) is 37.8 Å². The van der Waals surface area contributed by atoms with Crippen LogP contribution >= 0.6 is 0 Å². The fourth-order valence-corrected chi connectivity index (χ4v) is 2.22. The molecule has 0 saturated heterocycles. The Morgan fingerprint density at radius 2 is 1.86 bits per heavy atom. The van der Waals surface area contributed by atoms with Crippen molar-refractivity contribution >= 4 is 5.69 Å². The van der Waals surface area contributed by atoms with Gasteiger partial charge in [-0.1, -0.05) is 31.0 Å². The fourth-order valence-electron chi connectivity index (χ4n) is 2.22. The molecular formula is C12H16FN. The van der Waals surface area contributed by atoms with Crippen molar-refractivity contribution in [2.24, 2.45) is 0 Å². The molecule has 0 aromatic heterocycles. The van der Waals surface area contributed by atoms with Crippen molar-refractivity contribution in [3.8, 4) is 0 Å². The summed E-state index contributed by atoms with van der Waals surface area (Å²) in [4.78, 5) is 0. The first-order valence-electron chi connectivity index (χ1n) is 5.22. The van der Waals surface area contributed by atoms with E-state index in [1.54, 1.807) is 0 Å². The number of anilines is 1. The Morgan fingerprint density at radius 1 is 1.21 bits per heavy atom. The molecule has 2 N–H and O–H groups in total. The minimum Gasteiger partial charge on any atom is -0.399 e. The zero-order chi connectivity index (χ0) is 10.0. The van der Waals surface area contributed by atoms with Gasteiger partial charge in [0.1, 0.15) is 5.67 Å². The van der Waals surface area contributed by atoms with Crippen LogP contribution in [0.2, 0.25) is 0 Å². The van der Waals surface area contributed by atoms with Gasteiger partial charge in [-0.05, 0) is 24.5 Å². The second-order valence-corrected chi connectivity index (χ2v) is 4.23. The highest BCUT2D eigenvalue weighted by molar-refractivity contribution is 5.47. The third-order valence-electron chi connectivity index (χ3n) is 3.06. The van der Waals surface area contributed by atoms with E-state index in [1.165, 1.54) is 0 Å². The van der Waals surface area contributed by atoms with Crippen LogP contribution in [0, 0.1) is 0 Å². The normalized spacial score (nSPS) is 19.8. The van der Waals surface area contributed by atoms with Crippen molar-refractivity contribution in [2.75, 3.05) is 5.73 Å². The fraction of sp³-hybridized carbons (Fsp3) is 0.500. The van der Waals surface area contributed by atoms with Crippen LogP contribution in [0.5, 0.6) is 0 Å². The SMILES string of the molecule is Nc1ccccc1CC1(F)CCCC1. The topological polar surface area (TPSA) is 26.0 Å². The molecule has 1 aromatic rings. The highest BCUT2D eigenvalue weighted by Crippen LogP contribution is 2.37. The average molecular weight is 193 g/mol. The van der Waals surface area contributed by atoms with E-state index >= 15 is 0 Å². The standard InChI is InChI=1S/C12H16FN/c13-12(7-3-4-8-12)9-10-5-1-2-6-11(10)14/h1-2,5-6H,3-4,7-9,14H2. The lowest BCUT2D eigenvalue weighted by Crippen LogP contribution is -2.21. The number of rotatable bonds is 2. The summed E-state index contributed by atoms with van der Waals surface area (Å²) in [6.07, 6.45) is 3.91. The van der Waals surface area contributed by atoms with Crippen LogP contribution in [0.1, 0.15) is 31.2 Å². The van der Waals surface area contributed by atoms with Crippen molar-refractivity contribution < 1.29 is 4.39 Å². The lowest BCUT2D eigenvalue weighted by Gasteiger charge is -2.19. The molecule has 1 nitrogen and oxygen atoms in total. The Bertz CT molecular complexity index is 316. The van der Waals surface area contributed by atoms with Crippen LogP contribution in [0.15, 0.2) is 24.3 Å². The van der Waals surface area contributed by atoms with E-state index in [0.29, 0.717) is 19.3 Å². The van der Waals surface area contributed by atoms with E-state index in [1.807, 2.05) is 24.3 Å². The highest BCUT2D eigenvalue weighted by atomic mass is 19.1. The van der Waals surface area contributed by atoms with E-state index in [2.05, 4.69) is 0 Å². The van der Waals surface area contributed by atoms with Crippen molar-refractivity contribution in [3.05, 3.63) is 29.8 Å². The van der Waals surface area contributed by atoms with E-state index in [9.17, 15) is 4.39 Å². The molecule has 0 radical (unpaired) electrons. The number of nitrogen functional groups attached to an aromatic ring is 1. The molecule has 0 heterocycles. The van der Waals surface area contributed by atoms with Gasteiger partial charge in [-0.15, -0.1) is 0 Å². The van der Waals surface area contributed by atoms with Gasteiger partial charge in [-0.2, -0.15) is 0 Å². The van der Waals surface area contributed by atoms with Crippen LogP contribution in [0.4, 0.5) is 10.1 Å². The van der Waals surface area contributed by atoms with E-state index in [-0.39, 0.29) is 0 Å². The zero-order valence-electron chi connectivity index (χ0n) is 8.30. The summed E-state index contributed by atoms with van der Waals surface area (Å²) in [5, 5.41) is 0. The summed E-state index contributed by atoms with van der Waals surface area (Å²) in [6, 6.07) is 7.57. The molecule has 1 aliphatic carbocycles. The summed E-state index contributed by atoms with van der Waals surface area (Å²) in [5.74, 6) is 0. The molecule has 0 amide bonds. The van der Waals surface area contributed by atoms with E-state index in [4.69, 9.17) is 5.73 Å². The quantitative estimate of drug-likeness (QED) is 0.717. The minimum atomic E-state index is -0.991. The van der Waals surface area contributed by atoms with Crippen LogP contribution in [0.3, 0.4) is 0 Å².